The van der Waals surface area contributed by atoms with Gasteiger partial charge in [0.1, 0.15) is 0 Å². The zero-order chi connectivity index (χ0) is 19.0. The average molecular weight is 356 g/mol. The quantitative estimate of drug-likeness (QED) is 0.689. The van der Waals surface area contributed by atoms with Gasteiger partial charge in [-0.1, -0.05) is 56.3 Å². The summed E-state index contributed by atoms with van der Waals surface area (Å²) in [6.45, 7) is 4.36. The molecule has 3 nitrogen and oxygen atoms in total. The maximum atomic E-state index is 11.9. The minimum Gasteiger partial charge on any atom is -0.545 e. The van der Waals surface area contributed by atoms with E-state index in [1.807, 2.05) is 24.3 Å². The van der Waals surface area contributed by atoms with Crippen molar-refractivity contribution >= 4 is 28.5 Å². The first-order chi connectivity index (χ1) is 13.0. The molecule has 0 bridgehead atoms. The number of hydrogen-bond acceptors (Lipinski definition) is 3. The predicted octanol–water partition coefficient (Wildman–Crippen LogP) is 4.60. The fraction of sp³-hybridized carbons (Fsp3) is 0.250. The van der Waals surface area contributed by atoms with E-state index in [-0.39, 0.29) is 0 Å². The van der Waals surface area contributed by atoms with Crippen LogP contribution in [0.5, 0.6) is 0 Å². The number of hydrogen-bond donors (Lipinski definition) is 0. The summed E-state index contributed by atoms with van der Waals surface area (Å²) in [4.78, 5) is 16.7. The lowest BCUT2D eigenvalue weighted by Crippen LogP contribution is -2.26. The Morgan fingerprint density at radius 3 is 2.52 bits per heavy atom. The molecule has 0 spiro atoms. The first kappa shape index (κ1) is 17.5. The second-order valence-corrected chi connectivity index (χ2v) is 7.46. The summed E-state index contributed by atoms with van der Waals surface area (Å²) >= 11 is 0. The second kappa shape index (κ2) is 6.99. The van der Waals surface area contributed by atoms with Crippen LogP contribution in [0.25, 0.3) is 22.6 Å². The van der Waals surface area contributed by atoms with Crippen LogP contribution in [-0.2, 0) is 6.42 Å². The van der Waals surface area contributed by atoms with Gasteiger partial charge in [-0.3, -0.25) is 0 Å². The Morgan fingerprint density at radius 2 is 1.81 bits per heavy atom. The third kappa shape index (κ3) is 3.25. The highest BCUT2D eigenvalue weighted by Gasteiger charge is 2.22. The predicted molar refractivity (Wildman–Crippen MR) is 107 cm³/mol. The molecule has 0 amide bonds. The minimum atomic E-state index is -1.12. The minimum absolute atomic E-state index is 0.302. The van der Waals surface area contributed by atoms with Crippen LogP contribution in [0.1, 0.15) is 65.3 Å². The number of allylic oxidation sites excluding steroid dienone is 1. The van der Waals surface area contributed by atoms with Crippen molar-refractivity contribution < 1.29 is 9.90 Å². The summed E-state index contributed by atoms with van der Waals surface area (Å²) in [5.74, 6) is -0.617. The van der Waals surface area contributed by atoms with Crippen LogP contribution in [-0.4, -0.2) is 11.0 Å². The number of benzene rings is 2. The smallest absolute Gasteiger partial charge is 0.0725 e. The molecule has 1 aliphatic carbocycles. The first-order valence-electron chi connectivity index (χ1n) is 9.48. The highest BCUT2D eigenvalue weighted by Crippen LogP contribution is 2.36. The largest absolute Gasteiger partial charge is 0.545 e. The van der Waals surface area contributed by atoms with Crippen molar-refractivity contribution in [3.63, 3.8) is 0 Å². The van der Waals surface area contributed by atoms with Crippen LogP contribution in [0.3, 0.4) is 0 Å². The van der Waals surface area contributed by atoms with Crippen molar-refractivity contribution in [2.45, 2.75) is 39.0 Å². The zero-order valence-electron chi connectivity index (χ0n) is 15.7. The standard InChI is InChI=1S/C24H23NO2/c1-15(2)17-12-10-16(11-13-17)14-18-6-5-8-20-22(24(26)27)19-7-3-4-9-21(19)25-23(18)20/h3-4,7,9-15H,5-6,8H2,1-2H3,(H,26,27)/p-1/b18-14+. The van der Waals surface area contributed by atoms with Gasteiger partial charge in [0.05, 0.1) is 17.2 Å². The highest BCUT2D eigenvalue weighted by molar-refractivity contribution is 6.05. The molecule has 4 rings (SSSR count). The molecule has 27 heavy (non-hydrogen) atoms. The summed E-state index contributed by atoms with van der Waals surface area (Å²) in [6.07, 6.45) is 4.68. The molecule has 0 saturated carbocycles. The van der Waals surface area contributed by atoms with Gasteiger partial charge in [-0.05, 0) is 59.6 Å². The van der Waals surface area contributed by atoms with Gasteiger partial charge >= 0.3 is 0 Å². The van der Waals surface area contributed by atoms with Gasteiger partial charge < -0.3 is 9.90 Å². The van der Waals surface area contributed by atoms with Crippen molar-refractivity contribution in [1.29, 1.82) is 0 Å². The lowest BCUT2D eigenvalue weighted by Gasteiger charge is -2.23. The summed E-state index contributed by atoms with van der Waals surface area (Å²) in [5.41, 5.74) is 6.16. The normalized spacial score (nSPS) is 15.3. The lowest BCUT2D eigenvalue weighted by molar-refractivity contribution is -0.254. The van der Waals surface area contributed by atoms with Gasteiger partial charge in [0.2, 0.25) is 0 Å². The number of nitrogens with zero attached hydrogens (tertiary/aromatic N) is 1. The van der Waals surface area contributed by atoms with Gasteiger partial charge in [-0.15, -0.1) is 0 Å². The van der Waals surface area contributed by atoms with E-state index in [0.29, 0.717) is 22.4 Å². The van der Waals surface area contributed by atoms with Crippen molar-refractivity contribution in [2.75, 3.05) is 0 Å². The molecule has 136 valence electrons. The molecule has 3 heteroatoms. The van der Waals surface area contributed by atoms with Gasteiger partial charge in [0.15, 0.2) is 0 Å². The molecule has 0 unspecified atom stereocenters. The van der Waals surface area contributed by atoms with Gasteiger partial charge in [-0.2, -0.15) is 0 Å². The fourth-order valence-corrected chi connectivity index (χ4v) is 3.89. The molecule has 1 heterocycles. The number of carboxylic acid groups (broad SMARTS) is 1. The Kier molecular flexibility index (Phi) is 4.53. The van der Waals surface area contributed by atoms with Gasteiger partial charge in [0.25, 0.3) is 0 Å². The monoisotopic (exact) mass is 356 g/mol. The molecule has 0 N–H and O–H groups in total. The Hall–Kier alpha value is -2.94. The van der Waals surface area contributed by atoms with Crippen LogP contribution >= 0.6 is 0 Å². The molecule has 0 aliphatic heterocycles. The maximum absolute atomic E-state index is 11.9. The van der Waals surface area contributed by atoms with Crippen LogP contribution < -0.4 is 5.11 Å². The number of carboxylic acids is 1. The number of carbonyl (C=O) groups is 1. The lowest BCUT2D eigenvalue weighted by atomic mass is 9.86. The van der Waals surface area contributed by atoms with E-state index in [1.54, 1.807) is 0 Å². The SMILES string of the molecule is CC(C)c1ccc(/C=C2\CCCc3c2nc2ccccc2c3C(=O)[O-])cc1. The Labute approximate surface area is 159 Å². The second-order valence-electron chi connectivity index (χ2n) is 7.46. The number of fused-ring (bicyclic) bond motifs is 2. The summed E-state index contributed by atoms with van der Waals surface area (Å²) in [5, 5.41) is 12.6. The van der Waals surface area contributed by atoms with Crippen LogP contribution in [0, 0.1) is 0 Å². The van der Waals surface area contributed by atoms with Crippen LogP contribution in [0.4, 0.5) is 0 Å². The molecule has 1 aromatic heterocycles. The summed E-state index contributed by atoms with van der Waals surface area (Å²) in [7, 11) is 0. The van der Waals surface area contributed by atoms with E-state index in [9.17, 15) is 9.90 Å². The zero-order valence-corrected chi connectivity index (χ0v) is 15.7. The van der Waals surface area contributed by atoms with Crippen molar-refractivity contribution in [1.82, 2.24) is 4.98 Å². The van der Waals surface area contributed by atoms with E-state index in [4.69, 9.17) is 4.98 Å². The molecular formula is C24H22NO2-. The molecule has 0 atom stereocenters. The van der Waals surface area contributed by atoms with E-state index < -0.39 is 5.97 Å². The first-order valence-corrected chi connectivity index (χ1v) is 9.48. The number of aromatic carboxylic acids is 1. The van der Waals surface area contributed by atoms with Gasteiger partial charge in [0, 0.05) is 10.9 Å². The Bertz CT molecular complexity index is 1050. The van der Waals surface area contributed by atoms with Gasteiger partial charge in [-0.25, -0.2) is 4.98 Å². The average Bonchev–Trinajstić information content (AvgIpc) is 2.66. The van der Waals surface area contributed by atoms with Crippen LogP contribution in [0.2, 0.25) is 0 Å². The topological polar surface area (TPSA) is 53.0 Å². The fourth-order valence-electron chi connectivity index (χ4n) is 3.89. The highest BCUT2D eigenvalue weighted by atomic mass is 16.4. The molecule has 0 radical (unpaired) electrons. The third-order valence-electron chi connectivity index (χ3n) is 5.32. The number of carbonyl (C=O) groups excluding carboxylic acids is 1. The molecule has 2 aromatic carbocycles. The molecule has 0 fully saturated rings. The number of pyridine rings is 1. The van der Waals surface area contributed by atoms with E-state index in [2.05, 4.69) is 44.2 Å². The molecule has 3 aromatic rings. The molecule has 0 saturated heterocycles. The number of rotatable bonds is 3. The summed E-state index contributed by atoms with van der Waals surface area (Å²) < 4.78 is 0. The van der Waals surface area contributed by atoms with E-state index in [1.165, 1.54) is 5.56 Å². The number of para-hydroxylation sites is 1. The molecular weight excluding hydrogens is 334 g/mol. The Balaban J connectivity index is 1.87. The summed E-state index contributed by atoms with van der Waals surface area (Å²) in [6, 6.07) is 16.0. The maximum Gasteiger partial charge on any atom is 0.0725 e. The number of aromatic nitrogens is 1. The van der Waals surface area contributed by atoms with Crippen molar-refractivity contribution in [3.05, 3.63) is 76.5 Å². The third-order valence-corrected chi connectivity index (χ3v) is 5.32. The molecule has 1 aliphatic rings. The van der Waals surface area contributed by atoms with E-state index >= 15 is 0 Å². The Morgan fingerprint density at radius 1 is 1.07 bits per heavy atom. The van der Waals surface area contributed by atoms with E-state index in [0.717, 1.165) is 41.7 Å². The van der Waals surface area contributed by atoms with Crippen molar-refractivity contribution in [2.24, 2.45) is 0 Å². The van der Waals surface area contributed by atoms with Crippen LogP contribution in [0.15, 0.2) is 48.5 Å². The van der Waals surface area contributed by atoms with Crippen molar-refractivity contribution in [3.8, 4) is 0 Å².